The van der Waals surface area contributed by atoms with E-state index in [-0.39, 0.29) is 24.0 Å². The summed E-state index contributed by atoms with van der Waals surface area (Å²) in [7, 11) is 0. The summed E-state index contributed by atoms with van der Waals surface area (Å²) < 4.78 is 2.31. The Hall–Kier alpha value is -2.86. The molecule has 0 bridgehead atoms. The molecule has 1 saturated carbocycles. The molecule has 2 aliphatic heterocycles. The molecule has 2 aromatic carbocycles. The Morgan fingerprint density at radius 2 is 1.57 bits per heavy atom. The zero-order valence-corrected chi connectivity index (χ0v) is 27.8. The van der Waals surface area contributed by atoms with Gasteiger partial charge in [0.25, 0.3) is 0 Å². The molecule has 2 aromatic rings. The fourth-order valence-electron chi connectivity index (χ4n) is 7.84. The molecule has 2 heterocycles. The fourth-order valence-corrected chi connectivity index (χ4v) is 9.39. The van der Waals surface area contributed by atoms with Crippen LogP contribution in [0.15, 0.2) is 94.6 Å². The number of hydrogen-bond acceptors (Lipinski definition) is 4. The van der Waals surface area contributed by atoms with Gasteiger partial charge in [-0.1, -0.05) is 81.7 Å². The average Bonchev–Trinajstić information content (AvgIpc) is 3.57. The Labute approximate surface area is 268 Å². The molecule has 0 unspecified atom stereocenters. The van der Waals surface area contributed by atoms with E-state index < -0.39 is 0 Å². The molecule has 44 heavy (non-hydrogen) atoms. The number of β-amino-alcohol motifs (C(OH)–C–C–N with tert-alkyl or cyclic N) is 2. The van der Waals surface area contributed by atoms with Crippen molar-refractivity contribution in [3.63, 3.8) is 0 Å². The highest BCUT2D eigenvalue weighted by molar-refractivity contribution is 8.04. The molecule has 1 fully saturated rings. The maximum atomic E-state index is 9.95. The first-order valence-corrected chi connectivity index (χ1v) is 17.5. The van der Waals surface area contributed by atoms with Crippen molar-refractivity contribution in [2.45, 2.75) is 88.7 Å². The van der Waals surface area contributed by atoms with Crippen molar-refractivity contribution in [1.82, 2.24) is 0 Å². The lowest BCUT2D eigenvalue weighted by Gasteiger charge is -2.26. The summed E-state index contributed by atoms with van der Waals surface area (Å²) >= 11 is 2.12. The van der Waals surface area contributed by atoms with Crippen molar-refractivity contribution in [3.05, 3.63) is 106 Å². The van der Waals surface area contributed by atoms with Gasteiger partial charge in [0.1, 0.15) is 6.61 Å². The molecular formula is C39H49N2O2S+. The molecule has 2 N–H and O–H groups in total. The molecule has 0 radical (unpaired) electrons. The minimum absolute atomic E-state index is 0.125. The van der Waals surface area contributed by atoms with Gasteiger partial charge in [-0.15, -0.1) is 11.8 Å². The Morgan fingerprint density at radius 3 is 2.32 bits per heavy atom. The van der Waals surface area contributed by atoms with Crippen molar-refractivity contribution in [3.8, 4) is 0 Å². The van der Waals surface area contributed by atoms with Crippen LogP contribution in [0.4, 0.5) is 11.4 Å². The average molecular weight is 610 g/mol. The van der Waals surface area contributed by atoms with Crippen molar-refractivity contribution in [1.29, 1.82) is 0 Å². The number of aliphatic hydroxyl groups excluding tert-OH is 2. The first-order chi connectivity index (χ1) is 21.3. The van der Waals surface area contributed by atoms with E-state index in [0.29, 0.717) is 18.3 Å². The van der Waals surface area contributed by atoms with Crippen molar-refractivity contribution < 1.29 is 14.8 Å². The number of rotatable bonds is 9. The van der Waals surface area contributed by atoms with Crippen LogP contribution in [-0.2, 0) is 10.8 Å². The van der Waals surface area contributed by atoms with Gasteiger partial charge in [0.2, 0.25) is 5.69 Å². The summed E-state index contributed by atoms with van der Waals surface area (Å²) in [6.07, 6.45) is 18.2. The van der Waals surface area contributed by atoms with E-state index in [1.807, 2.05) is 0 Å². The van der Waals surface area contributed by atoms with Crippen LogP contribution < -0.4 is 4.90 Å². The summed E-state index contributed by atoms with van der Waals surface area (Å²) in [5.41, 5.74) is 10.2. The summed E-state index contributed by atoms with van der Waals surface area (Å²) in [6.45, 7) is 10.7. The van der Waals surface area contributed by atoms with Crippen LogP contribution in [0.25, 0.3) is 0 Å². The summed E-state index contributed by atoms with van der Waals surface area (Å²) in [6, 6.07) is 17.3. The van der Waals surface area contributed by atoms with Gasteiger partial charge in [-0.2, -0.15) is 4.58 Å². The monoisotopic (exact) mass is 609 g/mol. The van der Waals surface area contributed by atoms with E-state index in [2.05, 4.69) is 122 Å². The minimum atomic E-state index is -0.125. The molecule has 6 rings (SSSR count). The first-order valence-electron chi connectivity index (χ1n) is 16.6. The molecule has 5 heteroatoms. The lowest BCUT2D eigenvalue weighted by Crippen LogP contribution is -2.28. The van der Waals surface area contributed by atoms with Crippen LogP contribution in [0.5, 0.6) is 0 Å². The zero-order valence-electron chi connectivity index (χ0n) is 27.0. The second-order valence-electron chi connectivity index (χ2n) is 13.7. The molecule has 0 atom stereocenters. The third-order valence-corrected chi connectivity index (χ3v) is 11.8. The number of thioether (sulfide) groups is 1. The summed E-state index contributed by atoms with van der Waals surface area (Å²) in [5, 5.41) is 20.6. The first kappa shape index (κ1) is 31.1. The van der Waals surface area contributed by atoms with Crippen molar-refractivity contribution >= 4 is 28.8 Å². The number of fused-ring (bicyclic) bond motifs is 2. The van der Waals surface area contributed by atoms with Crippen LogP contribution >= 0.6 is 11.8 Å². The SMILES string of the molecule is CC1(C)C(=CC=C2CCC(C=CC3=[N+](CCO)c4ccccc4C3(C)C)=C2SC2CCCCC2)N(CCO)c2ccccc21. The lowest BCUT2D eigenvalue weighted by molar-refractivity contribution is -0.441. The topological polar surface area (TPSA) is 46.7 Å². The van der Waals surface area contributed by atoms with E-state index >= 15 is 0 Å². The molecular weight excluding hydrogens is 561 g/mol. The molecule has 0 spiro atoms. The van der Waals surface area contributed by atoms with E-state index in [0.717, 1.165) is 12.8 Å². The normalized spacial score (nSPS) is 23.1. The van der Waals surface area contributed by atoms with E-state index in [4.69, 9.17) is 0 Å². The number of para-hydroxylation sites is 2. The molecule has 2 aliphatic carbocycles. The second-order valence-corrected chi connectivity index (χ2v) is 15.0. The molecule has 0 aromatic heterocycles. The third-order valence-electron chi connectivity index (χ3n) is 10.2. The standard InChI is InChI=1S/C39H49N2O2S/c1-38(2)31-14-8-10-16-33(31)40(24-26-42)35(38)22-20-28-18-19-29(37(28)44-30-12-6-5-7-13-30)21-23-36-39(3,4)32-15-9-11-17-34(32)41(36)25-27-43/h8-11,14-17,20-23,30,42-43H,5-7,12-13,18-19,24-27H2,1-4H3/q+1. The maximum absolute atomic E-state index is 9.95. The van der Waals surface area contributed by atoms with Gasteiger partial charge >= 0.3 is 0 Å². The minimum Gasteiger partial charge on any atom is -0.395 e. The molecule has 0 amide bonds. The molecule has 0 saturated heterocycles. The van der Waals surface area contributed by atoms with Gasteiger partial charge in [0.15, 0.2) is 12.3 Å². The van der Waals surface area contributed by atoms with Gasteiger partial charge in [0, 0.05) is 51.2 Å². The van der Waals surface area contributed by atoms with Crippen LogP contribution in [0.2, 0.25) is 0 Å². The highest BCUT2D eigenvalue weighted by Crippen LogP contribution is 2.49. The molecule has 232 valence electrons. The van der Waals surface area contributed by atoms with Gasteiger partial charge in [-0.3, -0.25) is 0 Å². The Bertz CT molecular complexity index is 1550. The smallest absolute Gasteiger partial charge is 0.209 e. The Morgan fingerprint density at radius 1 is 0.841 bits per heavy atom. The van der Waals surface area contributed by atoms with Crippen molar-refractivity contribution in [2.24, 2.45) is 0 Å². The van der Waals surface area contributed by atoms with E-state index in [9.17, 15) is 10.2 Å². The van der Waals surface area contributed by atoms with Gasteiger partial charge in [-0.25, -0.2) is 0 Å². The largest absolute Gasteiger partial charge is 0.395 e. The number of hydrogen-bond donors (Lipinski definition) is 2. The zero-order chi connectivity index (χ0) is 30.9. The number of benzene rings is 2. The number of allylic oxidation sites excluding steroid dienone is 7. The van der Waals surface area contributed by atoms with Gasteiger partial charge in [0.05, 0.1) is 12.0 Å². The lowest BCUT2D eigenvalue weighted by atomic mass is 9.81. The summed E-state index contributed by atoms with van der Waals surface area (Å²) in [5.74, 6) is 0. The van der Waals surface area contributed by atoms with Crippen LogP contribution in [0.3, 0.4) is 0 Å². The van der Waals surface area contributed by atoms with Crippen LogP contribution in [-0.4, -0.2) is 52.1 Å². The van der Waals surface area contributed by atoms with Gasteiger partial charge < -0.3 is 15.1 Å². The van der Waals surface area contributed by atoms with E-state index in [1.165, 1.54) is 82.1 Å². The molecule has 4 aliphatic rings. The van der Waals surface area contributed by atoms with Gasteiger partial charge in [-0.05, 0) is 68.4 Å². The van der Waals surface area contributed by atoms with Crippen molar-refractivity contribution in [2.75, 3.05) is 31.2 Å². The molecule has 4 nitrogen and oxygen atoms in total. The predicted octanol–water partition coefficient (Wildman–Crippen LogP) is 8.33. The predicted molar refractivity (Wildman–Crippen MR) is 186 cm³/mol. The van der Waals surface area contributed by atoms with Crippen LogP contribution in [0.1, 0.15) is 83.8 Å². The number of nitrogens with zero attached hydrogens (tertiary/aromatic N) is 2. The van der Waals surface area contributed by atoms with Crippen LogP contribution in [0, 0.1) is 0 Å². The Balaban J connectivity index is 1.38. The highest BCUT2D eigenvalue weighted by Gasteiger charge is 2.44. The second kappa shape index (κ2) is 12.9. The number of anilines is 1. The Kier molecular flexibility index (Phi) is 9.10. The number of aliphatic hydroxyl groups is 2. The quantitative estimate of drug-likeness (QED) is 0.281. The summed E-state index contributed by atoms with van der Waals surface area (Å²) in [4.78, 5) is 3.78. The fraction of sp³-hybridized carbons (Fsp3) is 0.462. The third kappa shape index (κ3) is 5.68. The highest BCUT2D eigenvalue weighted by atomic mass is 32.2. The maximum Gasteiger partial charge on any atom is 0.209 e. The van der Waals surface area contributed by atoms with E-state index in [1.54, 1.807) is 0 Å².